The van der Waals surface area contributed by atoms with Crippen LogP contribution in [0.25, 0.3) is 44.9 Å². The Bertz CT molecular complexity index is 1190. The first kappa shape index (κ1) is 16.3. The van der Waals surface area contributed by atoms with E-state index in [0.717, 1.165) is 16.7 Å². The lowest BCUT2D eigenvalue weighted by atomic mass is 10.1. The average Bonchev–Trinajstić information content (AvgIpc) is 2.79. The van der Waals surface area contributed by atoms with Crippen molar-refractivity contribution in [1.82, 2.24) is 15.0 Å². The Morgan fingerprint density at radius 2 is 0.821 bits per heavy atom. The van der Waals surface area contributed by atoms with Crippen molar-refractivity contribution < 1.29 is 0 Å². The molecule has 0 unspecified atom stereocenters. The van der Waals surface area contributed by atoms with Crippen molar-refractivity contribution in [3.63, 3.8) is 0 Å². The van der Waals surface area contributed by atoms with E-state index in [0.29, 0.717) is 17.5 Å². The van der Waals surface area contributed by atoms with Gasteiger partial charge in [0, 0.05) is 16.7 Å². The first-order valence-corrected chi connectivity index (χ1v) is 9.23. The molecule has 28 heavy (non-hydrogen) atoms. The molecule has 0 N–H and O–H groups in total. The van der Waals surface area contributed by atoms with Gasteiger partial charge in [-0.3, -0.25) is 0 Å². The quantitative estimate of drug-likeness (QED) is 0.395. The summed E-state index contributed by atoms with van der Waals surface area (Å²) in [7, 11) is 0. The summed E-state index contributed by atoms with van der Waals surface area (Å²) >= 11 is 0. The van der Waals surface area contributed by atoms with Gasteiger partial charge < -0.3 is 0 Å². The highest BCUT2D eigenvalue weighted by atomic mass is 15.0. The summed E-state index contributed by atoms with van der Waals surface area (Å²) in [5.74, 6) is 2.04. The first-order valence-electron chi connectivity index (χ1n) is 9.23. The van der Waals surface area contributed by atoms with E-state index >= 15 is 0 Å². The Kier molecular flexibility index (Phi) is 4.11. The Labute approximate surface area is 163 Å². The number of hydrogen-bond acceptors (Lipinski definition) is 3. The van der Waals surface area contributed by atoms with Crippen LogP contribution in [-0.4, -0.2) is 15.0 Å². The summed E-state index contributed by atoms with van der Waals surface area (Å²) in [6, 6.07) is 34.7. The van der Waals surface area contributed by atoms with E-state index in [1.54, 1.807) is 0 Å². The molecule has 0 aliphatic rings. The lowest BCUT2D eigenvalue weighted by Gasteiger charge is -2.09. The van der Waals surface area contributed by atoms with E-state index in [9.17, 15) is 0 Å². The second-order valence-corrected chi connectivity index (χ2v) is 6.60. The molecule has 0 amide bonds. The summed E-state index contributed by atoms with van der Waals surface area (Å²) in [6.07, 6.45) is 0. The summed E-state index contributed by atoms with van der Waals surface area (Å²) in [4.78, 5) is 14.3. The predicted molar refractivity (Wildman–Crippen MR) is 114 cm³/mol. The summed E-state index contributed by atoms with van der Waals surface area (Å²) in [6.45, 7) is 0. The number of fused-ring (bicyclic) bond motifs is 1. The van der Waals surface area contributed by atoms with E-state index in [1.807, 2.05) is 72.8 Å². The monoisotopic (exact) mass is 359 g/mol. The molecule has 3 heteroatoms. The number of hydrogen-bond donors (Lipinski definition) is 0. The molecule has 5 rings (SSSR count). The maximum atomic E-state index is 4.78. The van der Waals surface area contributed by atoms with E-state index in [1.165, 1.54) is 10.8 Å². The van der Waals surface area contributed by atoms with Gasteiger partial charge in [-0.1, -0.05) is 97.1 Å². The van der Waals surface area contributed by atoms with Crippen LogP contribution in [0.15, 0.2) is 103 Å². The minimum Gasteiger partial charge on any atom is -0.208 e. The van der Waals surface area contributed by atoms with Gasteiger partial charge in [0.2, 0.25) is 0 Å². The van der Waals surface area contributed by atoms with Crippen molar-refractivity contribution in [1.29, 1.82) is 0 Å². The lowest BCUT2D eigenvalue weighted by molar-refractivity contribution is 1.07. The van der Waals surface area contributed by atoms with Crippen molar-refractivity contribution in [2.45, 2.75) is 0 Å². The molecule has 0 saturated carbocycles. The summed E-state index contributed by atoms with van der Waals surface area (Å²) < 4.78 is 0. The lowest BCUT2D eigenvalue weighted by Crippen LogP contribution is -2.00. The zero-order chi connectivity index (χ0) is 18.8. The van der Waals surface area contributed by atoms with Crippen LogP contribution < -0.4 is 0 Å². The van der Waals surface area contributed by atoms with Gasteiger partial charge in [-0.25, -0.2) is 15.0 Å². The third kappa shape index (κ3) is 3.14. The highest BCUT2D eigenvalue weighted by Crippen LogP contribution is 2.26. The van der Waals surface area contributed by atoms with Crippen LogP contribution in [0.2, 0.25) is 0 Å². The van der Waals surface area contributed by atoms with E-state index in [4.69, 9.17) is 15.0 Å². The number of rotatable bonds is 3. The van der Waals surface area contributed by atoms with Crippen molar-refractivity contribution in [3.8, 4) is 34.2 Å². The van der Waals surface area contributed by atoms with Gasteiger partial charge in [-0.05, 0) is 16.8 Å². The third-order valence-electron chi connectivity index (χ3n) is 4.71. The molecule has 5 aromatic rings. The Hall–Kier alpha value is -3.85. The van der Waals surface area contributed by atoms with Gasteiger partial charge >= 0.3 is 0 Å². The van der Waals surface area contributed by atoms with Gasteiger partial charge in [-0.15, -0.1) is 0 Å². The fourth-order valence-electron chi connectivity index (χ4n) is 3.27. The van der Waals surface area contributed by atoms with Gasteiger partial charge in [0.15, 0.2) is 17.5 Å². The van der Waals surface area contributed by atoms with Crippen molar-refractivity contribution >= 4 is 10.8 Å². The topological polar surface area (TPSA) is 38.7 Å². The van der Waals surface area contributed by atoms with Crippen LogP contribution in [0.3, 0.4) is 0 Å². The molecule has 1 aromatic heterocycles. The second-order valence-electron chi connectivity index (χ2n) is 6.60. The minimum absolute atomic E-state index is 0.678. The van der Waals surface area contributed by atoms with Crippen LogP contribution >= 0.6 is 0 Å². The molecular weight excluding hydrogens is 342 g/mol. The molecule has 132 valence electrons. The van der Waals surface area contributed by atoms with E-state index < -0.39 is 0 Å². The smallest absolute Gasteiger partial charge is 0.164 e. The normalized spacial score (nSPS) is 10.9. The molecule has 0 radical (unpaired) electrons. The van der Waals surface area contributed by atoms with Crippen molar-refractivity contribution in [3.05, 3.63) is 103 Å². The molecule has 0 atom stereocenters. The number of nitrogens with zero attached hydrogens (tertiary/aromatic N) is 3. The SMILES string of the molecule is c1ccc(-c2nc(-c3ccccc3)nc(-c3ccc4ccccc4c3)n2)cc1. The minimum atomic E-state index is 0.678. The highest BCUT2D eigenvalue weighted by molar-refractivity contribution is 5.86. The van der Waals surface area contributed by atoms with Gasteiger partial charge in [0.05, 0.1) is 0 Å². The average molecular weight is 359 g/mol. The number of benzene rings is 4. The van der Waals surface area contributed by atoms with Crippen LogP contribution in [-0.2, 0) is 0 Å². The fourth-order valence-corrected chi connectivity index (χ4v) is 3.27. The van der Waals surface area contributed by atoms with E-state index in [-0.39, 0.29) is 0 Å². The fraction of sp³-hybridized carbons (Fsp3) is 0. The highest BCUT2D eigenvalue weighted by Gasteiger charge is 2.12. The molecular formula is C25H17N3. The van der Waals surface area contributed by atoms with Gasteiger partial charge in [0.1, 0.15) is 0 Å². The molecule has 0 saturated heterocycles. The molecule has 1 heterocycles. The molecule has 3 nitrogen and oxygen atoms in total. The summed E-state index contributed by atoms with van der Waals surface area (Å²) in [5, 5.41) is 2.37. The summed E-state index contributed by atoms with van der Waals surface area (Å²) in [5.41, 5.74) is 2.93. The largest absolute Gasteiger partial charge is 0.208 e. The second kappa shape index (κ2) is 7.05. The van der Waals surface area contributed by atoms with Crippen molar-refractivity contribution in [2.75, 3.05) is 0 Å². The van der Waals surface area contributed by atoms with Crippen LogP contribution in [0.5, 0.6) is 0 Å². The Morgan fingerprint density at radius 3 is 1.39 bits per heavy atom. The van der Waals surface area contributed by atoms with Crippen LogP contribution in [0.1, 0.15) is 0 Å². The first-order chi connectivity index (χ1) is 13.9. The zero-order valence-electron chi connectivity index (χ0n) is 15.2. The molecule has 0 fully saturated rings. The predicted octanol–water partition coefficient (Wildman–Crippen LogP) is 6.03. The van der Waals surface area contributed by atoms with E-state index in [2.05, 4.69) is 30.3 Å². The standard InChI is InChI=1S/C25H17N3/c1-3-10-19(11-4-1)23-26-24(20-12-5-2-6-13-20)28-25(27-23)22-16-15-18-9-7-8-14-21(18)17-22/h1-17H. The van der Waals surface area contributed by atoms with Crippen molar-refractivity contribution in [2.24, 2.45) is 0 Å². The molecule has 0 spiro atoms. The third-order valence-corrected chi connectivity index (χ3v) is 4.71. The molecule has 0 bridgehead atoms. The Morgan fingerprint density at radius 1 is 0.357 bits per heavy atom. The maximum Gasteiger partial charge on any atom is 0.164 e. The molecule has 0 aliphatic carbocycles. The zero-order valence-corrected chi connectivity index (χ0v) is 15.2. The molecule has 4 aromatic carbocycles. The van der Waals surface area contributed by atoms with Crippen LogP contribution in [0, 0.1) is 0 Å². The van der Waals surface area contributed by atoms with Gasteiger partial charge in [-0.2, -0.15) is 0 Å². The number of aromatic nitrogens is 3. The molecule has 0 aliphatic heterocycles. The van der Waals surface area contributed by atoms with Crippen LogP contribution in [0.4, 0.5) is 0 Å². The Balaban J connectivity index is 1.72. The van der Waals surface area contributed by atoms with Gasteiger partial charge in [0.25, 0.3) is 0 Å². The maximum absolute atomic E-state index is 4.78.